The van der Waals surface area contributed by atoms with Gasteiger partial charge in [0.1, 0.15) is 0 Å². The molecule has 2 rings (SSSR count). The van der Waals surface area contributed by atoms with Gasteiger partial charge in [-0.25, -0.2) is 4.98 Å². The molecule has 4 heteroatoms. The zero-order chi connectivity index (χ0) is 9.97. The van der Waals surface area contributed by atoms with Crippen LogP contribution in [0.3, 0.4) is 0 Å². The fourth-order valence-electron chi connectivity index (χ4n) is 2.01. The molecule has 1 aliphatic rings. The summed E-state index contributed by atoms with van der Waals surface area (Å²) in [7, 11) is 0. The van der Waals surface area contributed by atoms with Crippen molar-refractivity contribution >= 4 is 11.3 Å². The van der Waals surface area contributed by atoms with Crippen LogP contribution >= 0.6 is 11.3 Å². The van der Waals surface area contributed by atoms with Crippen LogP contribution in [-0.4, -0.2) is 29.0 Å². The quantitative estimate of drug-likeness (QED) is 0.808. The Balaban J connectivity index is 2.00. The van der Waals surface area contributed by atoms with E-state index >= 15 is 0 Å². The Kier molecular flexibility index (Phi) is 3.15. The Hall–Kier alpha value is -0.450. The molecule has 14 heavy (non-hydrogen) atoms. The topological polar surface area (TPSA) is 42.2 Å². The van der Waals surface area contributed by atoms with Crippen molar-refractivity contribution in [3.63, 3.8) is 0 Å². The predicted molar refractivity (Wildman–Crippen MR) is 59.3 cm³/mol. The standard InChI is InChI=1S/C10H17N3S/c1-8(10-6-14-7-12-10)13-4-2-3-9(11)5-13/h6-9H,2-5,11H2,1H3. The smallest absolute Gasteiger partial charge is 0.0795 e. The minimum atomic E-state index is 0.352. The van der Waals surface area contributed by atoms with Crippen LogP contribution in [0.1, 0.15) is 31.5 Å². The predicted octanol–water partition coefficient (Wildman–Crippen LogP) is 1.63. The van der Waals surface area contributed by atoms with Crippen LogP contribution < -0.4 is 5.73 Å². The molecule has 2 unspecified atom stereocenters. The highest BCUT2D eigenvalue weighted by Crippen LogP contribution is 2.23. The molecule has 1 fully saturated rings. The zero-order valence-corrected chi connectivity index (χ0v) is 9.33. The second-order valence-corrected chi connectivity index (χ2v) is 4.71. The van der Waals surface area contributed by atoms with E-state index in [4.69, 9.17) is 5.73 Å². The van der Waals surface area contributed by atoms with Gasteiger partial charge in [-0.3, -0.25) is 4.90 Å². The fraction of sp³-hybridized carbons (Fsp3) is 0.700. The highest BCUT2D eigenvalue weighted by Gasteiger charge is 2.22. The molecule has 0 spiro atoms. The molecule has 0 bridgehead atoms. The van der Waals surface area contributed by atoms with Crippen LogP contribution in [0.2, 0.25) is 0 Å². The molecule has 0 amide bonds. The van der Waals surface area contributed by atoms with Gasteiger partial charge in [-0.05, 0) is 26.3 Å². The lowest BCUT2D eigenvalue weighted by atomic mass is 10.0. The lowest BCUT2D eigenvalue weighted by molar-refractivity contribution is 0.157. The summed E-state index contributed by atoms with van der Waals surface area (Å²) in [6.45, 7) is 4.39. The van der Waals surface area contributed by atoms with E-state index in [0.29, 0.717) is 12.1 Å². The van der Waals surface area contributed by atoms with Gasteiger partial charge in [-0.2, -0.15) is 0 Å². The molecular formula is C10H17N3S. The Morgan fingerprint density at radius 1 is 1.71 bits per heavy atom. The summed E-state index contributed by atoms with van der Waals surface area (Å²) in [6, 6.07) is 0.775. The Morgan fingerprint density at radius 2 is 2.57 bits per heavy atom. The summed E-state index contributed by atoms with van der Waals surface area (Å²) in [5, 5.41) is 2.13. The third kappa shape index (κ3) is 2.13. The molecular weight excluding hydrogens is 194 g/mol. The van der Waals surface area contributed by atoms with Gasteiger partial charge in [0.05, 0.1) is 17.2 Å². The van der Waals surface area contributed by atoms with Crippen LogP contribution in [0.15, 0.2) is 10.9 Å². The number of piperidine rings is 1. The first-order chi connectivity index (χ1) is 6.77. The lowest BCUT2D eigenvalue weighted by Gasteiger charge is -2.34. The van der Waals surface area contributed by atoms with Crippen molar-refractivity contribution in [2.24, 2.45) is 5.73 Å². The van der Waals surface area contributed by atoms with Crippen LogP contribution in [-0.2, 0) is 0 Å². The number of rotatable bonds is 2. The van der Waals surface area contributed by atoms with Crippen molar-refractivity contribution in [2.45, 2.75) is 31.8 Å². The van der Waals surface area contributed by atoms with Crippen molar-refractivity contribution in [1.82, 2.24) is 9.88 Å². The third-order valence-corrected chi connectivity index (χ3v) is 3.52. The van der Waals surface area contributed by atoms with Crippen molar-refractivity contribution in [1.29, 1.82) is 0 Å². The van der Waals surface area contributed by atoms with Crippen molar-refractivity contribution in [3.05, 3.63) is 16.6 Å². The SMILES string of the molecule is CC(c1cscn1)N1CCCC(N)C1. The van der Waals surface area contributed by atoms with Crippen molar-refractivity contribution in [3.8, 4) is 0 Å². The summed E-state index contributed by atoms with van der Waals surface area (Å²) in [5.41, 5.74) is 9.04. The van der Waals surface area contributed by atoms with Gasteiger partial charge in [0.15, 0.2) is 0 Å². The van der Waals surface area contributed by atoms with Gasteiger partial charge in [0.2, 0.25) is 0 Å². The number of likely N-dealkylation sites (tertiary alicyclic amines) is 1. The minimum Gasteiger partial charge on any atom is -0.327 e. The Labute approximate surface area is 88.9 Å². The number of thiazole rings is 1. The van der Waals surface area contributed by atoms with Crippen LogP contribution in [0, 0.1) is 0 Å². The van der Waals surface area contributed by atoms with E-state index in [-0.39, 0.29) is 0 Å². The fourth-order valence-corrected chi connectivity index (χ4v) is 2.65. The van der Waals surface area contributed by atoms with Gasteiger partial charge in [0.25, 0.3) is 0 Å². The van der Waals surface area contributed by atoms with Crippen LogP contribution in [0.25, 0.3) is 0 Å². The molecule has 1 aromatic rings. The number of nitrogens with two attached hydrogens (primary N) is 1. The van der Waals surface area contributed by atoms with Crippen molar-refractivity contribution < 1.29 is 0 Å². The molecule has 1 saturated heterocycles. The summed E-state index contributed by atoms with van der Waals surface area (Å²) in [6.07, 6.45) is 2.38. The van der Waals surface area contributed by atoms with E-state index in [0.717, 1.165) is 13.1 Å². The molecule has 0 radical (unpaired) electrons. The first-order valence-electron chi connectivity index (χ1n) is 5.15. The second-order valence-electron chi connectivity index (χ2n) is 3.99. The monoisotopic (exact) mass is 211 g/mol. The molecule has 0 aromatic carbocycles. The number of aromatic nitrogens is 1. The van der Waals surface area contributed by atoms with Gasteiger partial charge in [-0.1, -0.05) is 0 Å². The number of hydrogen-bond donors (Lipinski definition) is 1. The molecule has 0 saturated carbocycles. The van der Waals surface area contributed by atoms with E-state index in [2.05, 4.69) is 22.2 Å². The number of nitrogens with zero attached hydrogens (tertiary/aromatic N) is 2. The van der Waals surface area contributed by atoms with E-state index in [1.807, 2.05) is 5.51 Å². The van der Waals surface area contributed by atoms with Gasteiger partial charge in [-0.15, -0.1) is 11.3 Å². The molecule has 78 valence electrons. The van der Waals surface area contributed by atoms with E-state index in [1.54, 1.807) is 11.3 Å². The highest BCUT2D eigenvalue weighted by molar-refractivity contribution is 7.07. The van der Waals surface area contributed by atoms with E-state index < -0.39 is 0 Å². The summed E-state index contributed by atoms with van der Waals surface area (Å²) >= 11 is 1.66. The molecule has 2 atom stereocenters. The second kappa shape index (κ2) is 4.38. The summed E-state index contributed by atoms with van der Waals surface area (Å²) < 4.78 is 0. The highest BCUT2D eigenvalue weighted by atomic mass is 32.1. The van der Waals surface area contributed by atoms with Crippen LogP contribution in [0.5, 0.6) is 0 Å². The van der Waals surface area contributed by atoms with Gasteiger partial charge >= 0.3 is 0 Å². The zero-order valence-electron chi connectivity index (χ0n) is 8.52. The largest absolute Gasteiger partial charge is 0.327 e. The average Bonchev–Trinajstić information content (AvgIpc) is 2.69. The van der Waals surface area contributed by atoms with Gasteiger partial charge in [0, 0.05) is 18.0 Å². The van der Waals surface area contributed by atoms with E-state index in [9.17, 15) is 0 Å². The Bertz CT molecular complexity index is 273. The molecule has 2 N–H and O–H groups in total. The molecule has 2 heterocycles. The van der Waals surface area contributed by atoms with Gasteiger partial charge < -0.3 is 5.73 Å². The lowest BCUT2D eigenvalue weighted by Crippen LogP contribution is -2.43. The first kappa shape index (κ1) is 10.1. The molecule has 1 aliphatic heterocycles. The summed E-state index contributed by atoms with van der Waals surface area (Å²) in [4.78, 5) is 6.79. The normalized spacial score (nSPS) is 26.3. The maximum absolute atomic E-state index is 5.96. The number of hydrogen-bond acceptors (Lipinski definition) is 4. The first-order valence-corrected chi connectivity index (χ1v) is 6.09. The Morgan fingerprint density at radius 3 is 3.21 bits per heavy atom. The summed E-state index contributed by atoms with van der Waals surface area (Å²) in [5.74, 6) is 0. The average molecular weight is 211 g/mol. The maximum Gasteiger partial charge on any atom is 0.0795 e. The molecule has 1 aromatic heterocycles. The van der Waals surface area contributed by atoms with E-state index in [1.165, 1.54) is 18.5 Å². The molecule has 0 aliphatic carbocycles. The molecule has 3 nitrogen and oxygen atoms in total. The minimum absolute atomic E-state index is 0.352. The third-order valence-electron chi connectivity index (χ3n) is 2.92. The van der Waals surface area contributed by atoms with Crippen molar-refractivity contribution in [2.75, 3.05) is 13.1 Å². The van der Waals surface area contributed by atoms with Crippen LogP contribution in [0.4, 0.5) is 0 Å². The maximum atomic E-state index is 5.96.